The fraction of sp³-hybridized carbons (Fsp3) is 0.917. The second-order valence-electron chi connectivity index (χ2n) is 4.01. The molecule has 0 aliphatic rings. The minimum atomic E-state index is -0.120. The maximum absolute atomic E-state index is 11.6. The molecule has 0 fully saturated rings. The van der Waals surface area contributed by atoms with Crippen LogP contribution in [0, 0.1) is 0 Å². The first kappa shape index (κ1) is 16.7. The number of unbranched alkanes of at least 4 members (excludes halogenated alkanes) is 1. The van der Waals surface area contributed by atoms with Crippen LogP contribution in [0.4, 0.5) is 0 Å². The standard InChI is InChI=1S/C12H26N2O2S/c1-3-4-6-14-12(16)11(2)13-7-10-17-9-5-8-15/h11,13,15H,3-10H2,1-2H3,(H,14,16). The molecule has 5 heteroatoms. The van der Waals surface area contributed by atoms with Crippen molar-refractivity contribution in [3.05, 3.63) is 0 Å². The quantitative estimate of drug-likeness (QED) is 0.486. The van der Waals surface area contributed by atoms with E-state index in [9.17, 15) is 4.79 Å². The largest absolute Gasteiger partial charge is 0.396 e. The van der Waals surface area contributed by atoms with E-state index in [0.717, 1.165) is 43.9 Å². The molecule has 4 nitrogen and oxygen atoms in total. The van der Waals surface area contributed by atoms with Crippen molar-refractivity contribution in [3.63, 3.8) is 0 Å². The van der Waals surface area contributed by atoms with Gasteiger partial charge in [0.05, 0.1) is 6.04 Å². The summed E-state index contributed by atoms with van der Waals surface area (Å²) < 4.78 is 0. The van der Waals surface area contributed by atoms with Gasteiger partial charge in [-0.3, -0.25) is 4.79 Å². The van der Waals surface area contributed by atoms with E-state index in [2.05, 4.69) is 17.6 Å². The Hall–Kier alpha value is -0.260. The number of carbonyl (C=O) groups is 1. The molecular formula is C12H26N2O2S. The average Bonchev–Trinajstić information content (AvgIpc) is 2.33. The van der Waals surface area contributed by atoms with E-state index in [4.69, 9.17) is 5.11 Å². The highest BCUT2D eigenvalue weighted by molar-refractivity contribution is 7.99. The lowest BCUT2D eigenvalue weighted by Crippen LogP contribution is -2.43. The van der Waals surface area contributed by atoms with Crippen LogP contribution in [0.3, 0.4) is 0 Å². The summed E-state index contributed by atoms with van der Waals surface area (Å²) in [5.74, 6) is 2.04. The van der Waals surface area contributed by atoms with Crippen LogP contribution in [0.2, 0.25) is 0 Å². The average molecular weight is 262 g/mol. The minimum Gasteiger partial charge on any atom is -0.396 e. The van der Waals surface area contributed by atoms with Crippen molar-refractivity contribution in [2.45, 2.75) is 39.2 Å². The number of nitrogens with one attached hydrogen (secondary N) is 2. The fourth-order valence-corrected chi connectivity index (χ4v) is 2.05. The summed E-state index contributed by atoms with van der Waals surface area (Å²) in [6.07, 6.45) is 2.98. The molecule has 0 aromatic heterocycles. The van der Waals surface area contributed by atoms with Crippen LogP contribution in [0.25, 0.3) is 0 Å². The molecule has 0 saturated carbocycles. The molecule has 0 bridgehead atoms. The van der Waals surface area contributed by atoms with Crippen LogP contribution < -0.4 is 10.6 Å². The van der Waals surface area contributed by atoms with Gasteiger partial charge in [-0.25, -0.2) is 0 Å². The Balaban J connectivity index is 3.37. The van der Waals surface area contributed by atoms with Crippen LogP contribution in [0.15, 0.2) is 0 Å². The molecule has 0 radical (unpaired) electrons. The van der Waals surface area contributed by atoms with Crippen LogP contribution in [0.5, 0.6) is 0 Å². The second kappa shape index (κ2) is 12.2. The normalized spacial score (nSPS) is 12.4. The first-order chi connectivity index (χ1) is 8.22. The van der Waals surface area contributed by atoms with Gasteiger partial charge < -0.3 is 15.7 Å². The summed E-state index contributed by atoms with van der Waals surface area (Å²) in [6.45, 7) is 5.86. The summed E-state index contributed by atoms with van der Waals surface area (Å²) >= 11 is 1.80. The summed E-state index contributed by atoms with van der Waals surface area (Å²) in [5, 5.41) is 14.7. The van der Waals surface area contributed by atoms with Gasteiger partial charge in [0.15, 0.2) is 0 Å². The summed E-state index contributed by atoms with van der Waals surface area (Å²) in [5.41, 5.74) is 0. The molecule has 0 heterocycles. The lowest BCUT2D eigenvalue weighted by Gasteiger charge is -2.13. The van der Waals surface area contributed by atoms with Crippen LogP contribution in [0.1, 0.15) is 33.1 Å². The van der Waals surface area contributed by atoms with Crippen LogP contribution in [-0.2, 0) is 4.79 Å². The number of hydrogen-bond acceptors (Lipinski definition) is 4. The van der Waals surface area contributed by atoms with E-state index < -0.39 is 0 Å². The van der Waals surface area contributed by atoms with Crippen molar-refractivity contribution in [1.82, 2.24) is 10.6 Å². The third-order valence-electron chi connectivity index (χ3n) is 2.37. The van der Waals surface area contributed by atoms with E-state index in [1.165, 1.54) is 0 Å². The molecule has 0 aromatic carbocycles. The molecule has 1 unspecified atom stereocenters. The molecule has 1 atom stereocenters. The Bertz CT molecular complexity index is 191. The van der Waals surface area contributed by atoms with Gasteiger partial charge in [-0.15, -0.1) is 0 Å². The first-order valence-electron chi connectivity index (χ1n) is 6.42. The molecule has 0 aliphatic carbocycles. The number of carbonyl (C=O) groups excluding carboxylic acids is 1. The van der Waals surface area contributed by atoms with Gasteiger partial charge in [0.2, 0.25) is 5.91 Å². The molecule has 1 amide bonds. The predicted molar refractivity (Wildman–Crippen MR) is 74.4 cm³/mol. The van der Waals surface area contributed by atoms with Gasteiger partial charge in [-0.2, -0.15) is 11.8 Å². The molecule has 0 aromatic rings. The van der Waals surface area contributed by atoms with Crippen molar-refractivity contribution in [3.8, 4) is 0 Å². The first-order valence-corrected chi connectivity index (χ1v) is 7.57. The highest BCUT2D eigenvalue weighted by atomic mass is 32.2. The molecule has 102 valence electrons. The smallest absolute Gasteiger partial charge is 0.236 e. The van der Waals surface area contributed by atoms with Gasteiger partial charge in [-0.1, -0.05) is 13.3 Å². The monoisotopic (exact) mass is 262 g/mol. The van der Waals surface area contributed by atoms with Gasteiger partial charge in [0.25, 0.3) is 0 Å². The number of thioether (sulfide) groups is 1. The van der Waals surface area contributed by atoms with Gasteiger partial charge in [0.1, 0.15) is 0 Å². The highest BCUT2D eigenvalue weighted by Crippen LogP contribution is 2.00. The van der Waals surface area contributed by atoms with Crippen molar-refractivity contribution in [1.29, 1.82) is 0 Å². The minimum absolute atomic E-state index is 0.0822. The van der Waals surface area contributed by atoms with Crippen molar-refractivity contribution >= 4 is 17.7 Å². The van der Waals surface area contributed by atoms with Crippen molar-refractivity contribution in [2.24, 2.45) is 0 Å². The number of rotatable bonds is 11. The van der Waals surface area contributed by atoms with Gasteiger partial charge in [-0.05, 0) is 25.5 Å². The zero-order valence-corrected chi connectivity index (χ0v) is 11.8. The Morgan fingerprint density at radius 1 is 1.29 bits per heavy atom. The number of hydrogen-bond donors (Lipinski definition) is 3. The number of aliphatic hydroxyl groups is 1. The van der Waals surface area contributed by atoms with Gasteiger partial charge >= 0.3 is 0 Å². The fourth-order valence-electron chi connectivity index (χ4n) is 1.25. The Kier molecular flexibility index (Phi) is 12.0. The zero-order valence-electron chi connectivity index (χ0n) is 11.0. The number of amides is 1. The van der Waals surface area contributed by atoms with E-state index in [-0.39, 0.29) is 18.6 Å². The van der Waals surface area contributed by atoms with Gasteiger partial charge in [0, 0.05) is 25.4 Å². The lowest BCUT2D eigenvalue weighted by molar-refractivity contribution is -0.122. The molecule has 17 heavy (non-hydrogen) atoms. The molecule has 0 aliphatic heterocycles. The molecule has 3 N–H and O–H groups in total. The number of aliphatic hydroxyl groups excluding tert-OH is 1. The highest BCUT2D eigenvalue weighted by Gasteiger charge is 2.10. The topological polar surface area (TPSA) is 61.4 Å². The Morgan fingerprint density at radius 2 is 2.06 bits per heavy atom. The van der Waals surface area contributed by atoms with E-state index in [0.29, 0.717) is 0 Å². The second-order valence-corrected chi connectivity index (χ2v) is 5.23. The van der Waals surface area contributed by atoms with Crippen molar-refractivity contribution in [2.75, 3.05) is 31.2 Å². The maximum Gasteiger partial charge on any atom is 0.236 e. The third kappa shape index (κ3) is 10.6. The molecule has 0 spiro atoms. The SMILES string of the molecule is CCCCNC(=O)C(C)NCCSCCCO. The summed E-state index contributed by atoms with van der Waals surface area (Å²) in [7, 11) is 0. The van der Waals surface area contributed by atoms with Crippen molar-refractivity contribution < 1.29 is 9.90 Å². The van der Waals surface area contributed by atoms with Crippen LogP contribution >= 0.6 is 11.8 Å². The van der Waals surface area contributed by atoms with E-state index in [1.54, 1.807) is 11.8 Å². The molecular weight excluding hydrogens is 236 g/mol. The Morgan fingerprint density at radius 3 is 2.71 bits per heavy atom. The molecule has 0 rings (SSSR count). The maximum atomic E-state index is 11.6. The van der Waals surface area contributed by atoms with E-state index >= 15 is 0 Å². The predicted octanol–water partition coefficient (Wildman–Crippen LogP) is 0.996. The Labute approximate surface area is 109 Å². The third-order valence-corrected chi connectivity index (χ3v) is 3.44. The summed E-state index contributed by atoms with van der Waals surface area (Å²) in [6, 6.07) is -0.120. The molecule has 0 saturated heterocycles. The zero-order chi connectivity index (χ0) is 12.9. The summed E-state index contributed by atoms with van der Waals surface area (Å²) in [4.78, 5) is 11.6. The lowest BCUT2D eigenvalue weighted by atomic mass is 10.3. The van der Waals surface area contributed by atoms with Crippen LogP contribution in [-0.4, -0.2) is 48.3 Å². The van der Waals surface area contributed by atoms with E-state index in [1.807, 2.05) is 6.92 Å².